The maximum Gasteiger partial charge on any atom is 0.124 e. The molecule has 0 bridgehead atoms. The van der Waals surface area contributed by atoms with Crippen molar-refractivity contribution < 1.29 is 0 Å². The molecule has 0 amide bonds. The van der Waals surface area contributed by atoms with Crippen LogP contribution in [0.1, 0.15) is 22.3 Å². The van der Waals surface area contributed by atoms with E-state index in [1.807, 2.05) is 0 Å². The van der Waals surface area contributed by atoms with Gasteiger partial charge in [0.25, 0.3) is 0 Å². The molecule has 2 aliphatic carbocycles. The van der Waals surface area contributed by atoms with Crippen LogP contribution in [0.15, 0.2) is 103 Å². The number of rotatable bonds is 2. The highest BCUT2D eigenvalue weighted by Gasteiger charge is 2.23. The average Bonchev–Trinajstić information content (AvgIpc) is 3.60. The van der Waals surface area contributed by atoms with Crippen LogP contribution in [0, 0.1) is 0 Å². The second-order valence-corrected chi connectivity index (χ2v) is 10.6. The largest absolute Gasteiger partial charge is 0.236 e. The first kappa shape index (κ1) is 19.3. The van der Waals surface area contributed by atoms with Crippen molar-refractivity contribution in [2.45, 2.75) is 12.8 Å². The van der Waals surface area contributed by atoms with Crippen molar-refractivity contribution in [3.05, 3.63) is 125 Å². The fraction of sp³-hybridized carbons (Fsp3) is 0.0606. The van der Waals surface area contributed by atoms with Gasteiger partial charge in [0.15, 0.2) is 0 Å². The summed E-state index contributed by atoms with van der Waals surface area (Å²) in [5.74, 6) is 0. The minimum absolute atomic E-state index is 0.986. The Kier molecular flexibility index (Phi) is 4.00. The monoisotopic (exact) mass is 463 g/mol. The first-order valence-electron chi connectivity index (χ1n) is 12.2. The van der Waals surface area contributed by atoms with Gasteiger partial charge in [-0.15, -0.1) is 11.3 Å². The van der Waals surface area contributed by atoms with Crippen molar-refractivity contribution in [3.8, 4) is 44.0 Å². The summed E-state index contributed by atoms with van der Waals surface area (Å²) in [6.45, 7) is 0. The van der Waals surface area contributed by atoms with E-state index >= 15 is 0 Å². The van der Waals surface area contributed by atoms with Crippen LogP contribution in [0.3, 0.4) is 0 Å². The zero-order valence-corrected chi connectivity index (χ0v) is 19.9. The molecule has 8 rings (SSSR count). The van der Waals surface area contributed by atoms with Gasteiger partial charge in [-0.25, -0.2) is 4.98 Å². The van der Waals surface area contributed by atoms with Crippen molar-refractivity contribution in [3.63, 3.8) is 0 Å². The van der Waals surface area contributed by atoms with Crippen LogP contribution in [-0.2, 0) is 12.8 Å². The van der Waals surface area contributed by atoms with Crippen LogP contribution in [0.4, 0.5) is 0 Å². The molecule has 0 spiro atoms. The molecule has 0 fully saturated rings. The average molecular weight is 464 g/mol. The van der Waals surface area contributed by atoms with E-state index in [0.717, 1.165) is 23.4 Å². The maximum absolute atomic E-state index is 5.16. The number of fused-ring (bicyclic) bond motifs is 7. The highest BCUT2D eigenvalue weighted by Crippen LogP contribution is 2.45. The number of hydrogen-bond donors (Lipinski definition) is 0. The van der Waals surface area contributed by atoms with Crippen LogP contribution in [0.5, 0.6) is 0 Å². The van der Waals surface area contributed by atoms with Gasteiger partial charge in [-0.3, -0.25) is 0 Å². The molecule has 1 heterocycles. The Balaban J connectivity index is 1.23. The quantitative estimate of drug-likeness (QED) is 0.250. The predicted molar refractivity (Wildman–Crippen MR) is 147 cm³/mol. The summed E-state index contributed by atoms with van der Waals surface area (Å²) in [5, 5.41) is 1.12. The first-order valence-corrected chi connectivity index (χ1v) is 13.0. The molecule has 6 aromatic rings. The van der Waals surface area contributed by atoms with E-state index in [-0.39, 0.29) is 0 Å². The summed E-state index contributed by atoms with van der Waals surface area (Å²) in [6, 6.07) is 37.8. The van der Waals surface area contributed by atoms with Gasteiger partial charge in [-0.05, 0) is 80.6 Å². The Morgan fingerprint density at radius 3 is 1.80 bits per heavy atom. The van der Waals surface area contributed by atoms with E-state index in [1.54, 1.807) is 11.3 Å². The molecular weight excluding hydrogens is 442 g/mol. The summed E-state index contributed by atoms with van der Waals surface area (Å²) in [7, 11) is 0. The van der Waals surface area contributed by atoms with Crippen LogP contribution < -0.4 is 0 Å². The molecule has 1 aromatic heterocycles. The van der Waals surface area contributed by atoms with Crippen LogP contribution in [0.2, 0.25) is 0 Å². The van der Waals surface area contributed by atoms with Gasteiger partial charge in [-0.2, -0.15) is 0 Å². The fourth-order valence-corrected chi connectivity index (χ4v) is 6.99. The van der Waals surface area contributed by atoms with Crippen LogP contribution in [-0.4, -0.2) is 4.98 Å². The second-order valence-electron chi connectivity index (χ2n) is 9.53. The van der Waals surface area contributed by atoms with E-state index in [2.05, 4.69) is 103 Å². The molecule has 1 nitrogen and oxygen atoms in total. The van der Waals surface area contributed by atoms with Crippen molar-refractivity contribution in [1.82, 2.24) is 4.98 Å². The summed E-state index contributed by atoms with van der Waals surface area (Å²) in [5.41, 5.74) is 16.1. The third-order valence-corrected chi connectivity index (χ3v) is 8.70. The summed E-state index contributed by atoms with van der Waals surface area (Å²) in [4.78, 5) is 5.16. The van der Waals surface area contributed by atoms with Crippen LogP contribution in [0.25, 0.3) is 54.2 Å². The first-order chi connectivity index (χ1) is 17.3. The van der Waals surface area contributed by atoms with E-state index in [9.17, 15) is 0 Å². The molecule has 0 aliphatic heterocycles. The third-order valence-electron chi connectivity index (χ3n) is 7.63. The van der Waals surface area contributed by atoms with Gasteiger partial charge in [0.1, 0.15) is 5.01 Å². The van der Waals surface area contributed by atoms with E-state index < -0.39 is 0 Å². The van der Waals surface area contributed by atoms with Gasteiger partial charge in [0.05, 0.1) is 10.2 Å². The van der Waals surface area contributed by atoms with Crippen LogP contribution >= 0.6 is 11.3 Å². The van der Waals surface area contributed by atoms with Crippen molar-refractivity contribution in [2.75, 3.05) is 0 Å². The maximum atomic E-state index is 5.16. The number of nitrogens with zero attached hydrogens (tertiary/aromatic N) is 1. The van der Waals surface area contributed by atoms with Gasteiger partial charge < -0.3 is 0 Å². The summed E-state index contributed by atoms with van der Waals surface area (Å²) >= 11 is 1.80. The molecule has 5 aromatic carbocycles. The minimum Gasteiger partial charge on any atom is -0.236 e. The predicted octanol–water partition coefficient (Wildman–Crippen LogP) is 8.77. The Morgan fingerprint density at radius 2 is 1.09 bits per heavy atom. The lowest BCUT2D eigenvalue weighted by Crippen LogP contribution is -1.88. The number of thiazole rings is 1. The number of benzene rings is 5. The van der Waals surface area contributed by atoms with E-state index in [0.29, 0.717) is 0 Å². The Labute approximate surface area is 208 Å². The second kappa shape index (κ2) is 7.24. The molecule has 35 heavy (non-hydrogen) atoms. The topological polar surface area (TPSA) is 12.9 Å². The lowest BCUT2D eigenvalue weighted by Gasteiger charge is -2.09. The molecule has 0 saturated carbocycles. The fourth-order valence-electron chi connectivity index (χ4n) is 6.00. The molecule has 2 heteroatoms. The standard InChI is InChI=1S/C33H21NS/c1-3-9-23-20(7-1)17-29-25(11-5-12-26(23)29)22-15-16-32-31(19-22)34-33(35-32)28-14-6-13-27-24-10-4-2-8-21(24)18-30(27)28/h1-16,19H,17-18H2. The Hall–Kier alpha value is -4.01. The van der Waals surface area contributed by atoms with Crippen molar-refractivity contribution in [1.29, 1.82) is 0 Å². The molecule has 0 saturated heterocycles. The molecular formula is C33H21NS. The molecule has 0 atom stereocenters. The normalized spacial score (nSPS) is 12.9. The van der Waals surface area contributed by atoms with Crippen molar-refractivity contribution >= 4 is 21.6 Å². The zero-order chi connectivity index (χ0) is 22.9. The molecule has 0 unspecified atom stereocenters. The van der Waals surface area contributed by atoms with E-state index in [1.165, 1.54) is 65.9 Å². The molecule has 2 aliphatic rings. The van der Waals surface area contributed by atoms with E-state index in [4.69, 9.17) is 4.98 Å². The van der Waals surface area contributed by atoms with Gasteiger partial charge >= 0.3 is 0 Å². The summed E-state index contributed by atoms with van der Waals surface area (Å²) in [6.07, 6.45) is 1.98. The molecule has 0 radical (unpaired) electrons. The molecule has 0 N–H and O–H groups in total. The van der Waals surface area contributed by atoms with Gasteiger partial charge in [0.2, 0.25) is 0 Å². The Bertz CT molecular complexity index is 1710. The Morgan fingerprint density at radius 1 is 0.514 bits per heavy atom. The smallest absolute Gasteiger partial charge is 0.124 e. The SMILES string of the molecule is c1ccc2c(c1)Cc1c(-c3ccc4sc(-c5cccc6c5Cc5ccccc5-6)nc4c3)cccc1-2. The third kappa shape index (κ3) is 2.84. The zero-order valence-electron chi connectivity index (χ0n) is 19.1. The van der Waals surface area contributed by atoms with Gasteiger partial charge in [-0.1, -0.05) is 91.0 Å². The van der Waals surface area contributed by atoms with Gasteiger partial charge in [0, 0.05) is 5.56 Å². The lowest BCUT2D eigenvalue weighted by molar-refractivity contribution is 1.26. The summed E-state index contributed by atoms with van der Waals surface area (Å²) < 4.78 is 1.24. The highest BCUT2D eigenvalue weighted by atomic mass is 32.1. The lowest BCUT2D eigenvalue weighted by atomic mass is 9.95. The van der Waals surface area contributed by atoms with Crippen molar-refractivity contribution in [2.24, 2.45) is 0 Å². The minimum atomic E-state index is 0.986. The highest BCUT2D eigenvalue weighted by molar-refractivity contribution is 7.21. The number of hydrogen-bond acceptors (Lipinski definition) is 2. The molecule has 164 valence electrons. The number of aromatic nitrogens is 1.